The molecule has 0 amide bonds. The molecule has 2 rings (SSSR count). The van der Waals surface area contributed by atoms with Crippen LogP contribution in [0.4, 0.5) is 4.39 Å². The summed E-state index contributed by atoms with van der Waals surface area (Å²) in [6.07, 6.45) is 2.56. The van der Waals surface area contributed by atoms with Crippen LogP contribution in [0.5, 0.6) is 0 Å². The molecule has 6 heteroatoms. The van der Waals surface area contributed by atoms with Crippen LogP contribution in [0.3, 0.4) is 0 Å². The van der Waals surface area contributed by atoms with Gasteiger partial charge in [-0.05, 0) is 71.8 Å². The highest BCUT2D eigenvalue weighted by atomic mass is 32.2. The quantitative estimate of drug-likeness (QED) is 0.576. The number of nitrogens with zero attached hydrogens (tertiary/aromatic N) is 1. The average molecular weight is 383 g/mol. The van der Waals surface area contributed by atoms with Crippen LogP contribution in [0.1, 0.15) is 40.0 Å². The lowest BCUT2D eigenvalue weighted by atomic mass is 9.96. The van der Waals surface area contributed by atoms with E-state index in [-0.39, 0.29) is 23.7 Å². The summed E-state index contributed by atoms with van der Waals surface area (Å²) in [5, 5.41) is 0. The number of thioether (sulfide) groups is 1. The van der Waals surface area contributed by atoms with E-state index in [1.165, 1.54) is 17.8 Å². The van der Waals surface area contributed by atoms with Gasteiger partial charge >= 0.3 is 5.97 Å². The van der Waals surface area contributed by atoms with Crippen LogP contribution in [-0.2, 0) is 9.53 Å². The summed E-state index contributed by atoms with van der Waals surface area (Å²) >= 11 is 1.47. The van der Waals surface area contributed by atoms with E-state index in [1.54, 1.807) is 12.1 Å². The Labute approximate surface area is 160 Å². The van der Waals surface area contributed by atoms with Gasteiger partial charge in [0.25, 0.3) is 0 Å². The third-order valence-corrected chi connectivity index (χ3v) is 5.67. The predicted molar refractivity (Wildman–Crippen MR) is 105 cm³/mol. The summed E-state index contributed by atoms with van der Waals surface area (Å²) < 4.78 is 19.1. The van der Waals surface area contributed by atoms with Crippen LogP contribution in [0.2, 0.25) is 0 Å². The molecule has 146 valence electrons. The zero-order valence-corrected chi connectivity index (χ0v) is 16.9. The predicted octanol–water partition coefficient (Wildman–Crippen LogP) is 3.69. The SMILES string of the molecule is CC(C)(C)OC(=O)C1CCN(CCC(N)CSc2ccccc2F)CC1. The van der Waals surface area contributed by atoms with Crippen molar-refractivity contribution in [1.29, 1.82) is 0 Å². The number of piperidine rings is 1. The van der Waals surface area contributed by atoms with Gasteiger partial charge in [0.2, 0.25) is 0 Å². The normalized spacial score (nSPS) is 17.9. The lowest BCUT2D eigenvalue weighted by Gasteiger charge is -2.32. The molecule has 1 aromatic rings. The Bertz CT molecular complexity index is 583. The summed E-state index contributed by atoms with van der Waals surface area (Å²) in [7, 11) is 0. The molecule has 0 saturated carbocycles. The van der Waals surface area contributed by atoms with Crippen molar-refractivity contribution in [1.82, 2.24) is 4.90 Å². The molecule has 2 N–H and O–H groups in total. The molecular weight excluding hydrogens is 351 g/mol. The van der Waals surface area contributed by atoms with Gasteiger partial charge in [-0.15, -0.1) is 11.8 Å². The highest BCUT2D eigenvalue weighted by Crippen LogP contribution is 2.23. The molecule has 1 atom stereocenters. The molecule has 1 aromatic carbocycles. The number of hydrogen-bond donors (Lipinski definition) is 1. The average Bonchev–Trinajstić information content (AvgIpc) is 2.58. The molecule has 0 aromatic heterocycles. The Kier molecular flexibility index (Phi) is 7.92. The second-order valence-electron chi connectivity index (χ2n) is 7.94. The van der Waals surface area contributed by atoms with Crippen molar-refractivity contribution in [3.05, 3.63) is 30.1 Å². The Hall–Kier alpha value is -1.11. The summed E-state index contributed by atoms with van der Waals surface area (Å²) in [6.45, 7) is 8.43. The zero-order valence-electron chi connectivity index (χ0n) is 16.0. The summed E-state index contributed by atoms with van der Waals surface area (Å²) in [4.78, 5) is 15.1. The number of benzene rings is 1. The molecule has 4 nitrogen and oxygen atoms in total. The first-order valence-corrected chi connectivity index (χ1v) is 10.3. The fourth-order valence-corrected chi connectivity index (χ4v) is 3.91. The monoisotopic (exact) mass is 382 g/mol. The van der Waals surface area contributed by atoms with Gasteiger partial charge in [0.15, 0.2) is 0 Å². The van der Waals surface area contributed by atoms with E-state index in [0.717, 1.165) is 38.9 Å². The van der Waals surface area contributed by atoms with E-state index in [4.69, 9.17) is 10.5 Å². The van der Waals surface area contributed by atoms with Crippen LogP contribution >= 0.6 is 11.8 Å². The van der Waals surface area contributed by atoms with Crippen LogP contribution in [0.15, 0.2) is 29.2 Å². The number of ether oxygens (including phenoxy) is 1. The van der Waals surface area contributed by atoms with E-state index in [1.807, 2.05) is 26.8 Å². The van der Waals surface area contributed by atoms with Crippen molar-refractivity contribution in [2.45, 2.75) is 56.6 Å². The number of carbonyl (C=O) groups is 1. The number of rotatable bonds is 7. The van der Waals surface area contributed by atoms with Gasteiger partial charge in [0, 0.05) is 16.7 Å². The first-order valence-electron chi connectivity index (χ1n) is 9.33. The minimum atomic E-state index is -0.420. The van der Waals surface area contributed by atoms with Gasteiger partial charge in [0.1, 0.15) is 11.4 Å². The molecule has 0 bridgehead atoms. The van der Waals surface area contributed by atoms with Crippen LogP contribution in [-0.4, -0.2) is 47.9 Å². The first kappa shape index (κ1) is 21.2. The van der Waals surface area contributed by atoms with Crippen molar-refractivity contribution in [2.24, 2.45) is 11.7 Å². The van der Waals surface area contributed by atoms with E-state index in [9.17, 15) is 9.18 Å². The Balaban J connectivity index is 1.65. The van der Waals surface area contributed by atoms with Gasteiger partial charge < -0.3 is 15.4 Å². The van der Waals surface area contributed by atoms with Gasteiger partial charge in [-0.25, -0.2) is 4.39 Å². The summed E-state index contributed by atoms with van der Waals surface area (Å²) in [5.41, 5.74) is 5.77. The molecule has 1 aliphatic heterocycles. The first-order chi connectivity index (χ1) is 12.2. The Morgan fingerprint density at radius 3 is 2.62 bits per heavy atom. The third-order valence-electron chi connectivity index (χ3n) is 4.43. The maximum absolute atomic E-state index is 13.6. The third kappa shape index (κ3) is 7.25. The molecule has 0 aliphatic carbocycles. The van der Waals surface area contributed by atoms with E-state index in [2.05, 4.69) is 4.90 Å². The van der Waals surface area contributed by atoms with Gasteiger partial charge in [0.05, 0.1) is 5.92 Å². The summed E-state index contributed by atoms with van der Waals surface area (Å²) in [5.74, 6) is 0.454. The van der Waals surface area contributed by atoms with Crippen LogP contribution in [0, 0.1) is 11.7 Å². The fraction of sp³-hybridized carbons (Fsp3) is 0.650. The molecule has 1 unspecified atom stereocenters. The Morgan fingerprint density at radius 2 is 2.00 bits per heavy atom. The van der Waals surface area contributed by atoms with Crippen molar-refractivity contribution in [2.75, 3.05) is 25.4 Å². The van der Waals surface area contributed by atoms with Gasteiger partial charge in [-0.3, -0.25) is 4.79 Å². The van der Waals surface area contributed by atoms with E-state index >= 15 is 0 Å². The second kappa shape index (κ2) is 9.72. The topological polar surface area (TPSA) is 55.6 Å². The lowest BCUT2D eigenvalue weighted by molar-refractivity contribution is -0.161. The minimum Gasteiger partial charge on any atom is -0.460 e. The largest absolute Gasteiger partial charge is 0.460 e. The number of likely N-dealkylation sites (tertiary alicyclic amines) is 1. The molecule has 0 spiro atoms. The molecule has 1 heterocycles. The molecule has 1 fully saturated rings. The molecular formula is C20H31FN2O2S. The zero-order chi connectivity index (χ0) is 19.2. The van der Waals surface area contributed by atoms with Crippen LogP contribution in [0.25, 0.3) is 0 Å². The van der Waals surface area contributed by atoms with Gasteiger partial charge in [-0.1, -0.05) is 12.1 Å². The number of halogens is 1. The highest BCUT2D eigenvalue weighted by Gasteiger charge is 2.29. The lowest BCUT2D eigenvalue weighted by Crippen LogP contribution is -2.40. The van der Waals surface area contributed by atoms with Crippen molar-refractivity contribution < 1.29 is 13.9 Å². The van der Waals surface area contributed by atoms with Gasteiger partial charge in [-0.2, -0.15) is 0 Å². The molecule has 26 heavy (non-hydrogen) atoms. The number of hydrogen-bond acceptors (Lipinski definition) is 5. The smallest absolute Gasteiger partial charge is 0.309 e. The van der Waals surface area contributed by atoms with E-state index in [0.29, 0.717) is 10.6 Å². The van der Waals surface area contributed by atoms with Crippen molar-refractivity contribution in [3.8, 4) is 0 Å². The molecule has 0 radical (unpaired) electrons. The maximum atomic E-state index is 13.6. The maximum Gasteiger partial charge on any atom is 0.309 e. The second-order valence-corrected chi connectivity index (χ2v) is 9.00. The highest BCUT2D eigenvalue weighted by molar-refractivity contribution is 7.99. The number of carbonyl (C=O) groups excluding carboxylic acids is 1. The van der Waals surface area contributed by atoms with E-state index < -0.39 is 5.60 Å². The molecule has 1 saturated heterocycles. The summed E-state index contributed by atoms with van der Waals surface area (Å²) in [6, 6.07) is 6.83. The minimum absolute atomic E-state index is 0.00996. The number of nitrogens with two attached hydrogens (primary N) is 1. The van der Waals surface area contributed by atoms with Crippen molar-refractivity contribution >= 4 is 17.7 Å². The molecule has 1 aliphatic rings. The van der Waals surface area contributed by atoms with Crippen molar-refractivity contribution in [3.63, 3.8) is 0 Å². The van der Waals surface area contributed by atoms with Crippen LogP contribution < -0.4 is 5.73 Å². The standard InChI is InChI=1S/C20H31FN2O2S/c1-20(2,3)25-19(24)15-8-11-23(12-9-15)13-10-16(22)14-26-18-7-5-4-6-17(18)21/h4-7,15-16H,8-14,22H2,1-3H3. The number of esters is 1. The Morgan fingerprint density at radius 1 is 1.35 bits per heavy atom. The fourth-order valence-electron chi connectivity index (χ4n) is 2.97.